The molecule has 100 valence electrons. The molecular formula is C15H25N3. The van der Waals surface area contributed by atoms with Crippen LogP contribution in [0, 0.1) is 5.41 Å². The summed E-state index contributed by atoms with van der Waals surface area (Å²) in [4.78, 5) is 6.45. The van der Waals surface area contributed by atoms with Crippen LogP contribution in [0.15, 0.2) is 24.5 Å². The van der Waals surface area contributed by atoms with Gasteiger partial charge in [0.15, 0.2) is 0 Å². The summed E-state index contributed by atoms with van der Waals surface area (Å²) in [7, 11) is 2.19. The van der Waals surface area contributed by atoms with E-state index in [1.807, 2.05) is 12.4 Å². The van der Waals surface area contributed by atoms with Gasteiger partial charge in [-0.15, -0.1) is 0 Å². The largest absolute Gasteiger partial charge is 0.313 e. The maximum atomic E-state index is 4.05. The molecule has 0 atom stereocenters. The van der Waals surface area contributed by atoms with E-state index in [1.165, 1.54) is 18.4 Å². The molecule has 0 amide bonds. The molecule has 2 rings (SSSR count). The highest BCUT2D eigenvalue weighted by Gasteiger charge is 2.26. The number of nitrogens with zero attached hydrogens (tertiary/aromatic N) is 2. The highest BCUT2D eigenvalue weighted by molar-refractivity contribution is 5.09. The fourth-order valence-corrected chi connectivity index (χ4v) is 2.35. The van der Waals surface area contributed by atoms with Gasteiger partial charge in [0, 0.05) is 38.1 Å². The van der Waals surface area contributed by atoms with Crippen molar-refractivity contribution in [2.45, 2.75) is 39.3 Å². The summed E-state index contributed by atoms with van der Waals surface area (Å²) in [6, 6.07) is 4.98. The van der Waals surface area contributed by atoms with Gasteiger partial charge in [-0.1, -0.05) is 13.8 Å². The lowest BCUT2D eigenvalue weighted by Gasteiger charge is -2.30. The molecule has 1 saturated carbocycles. The normalized spacial score (nSPS) is 16.2. The molecule has 3 nitrogen and oxygen atoms in total. The lowest BCUT2D eigenvalue weighted by Crippen LogP contribution is -2.39. The predicted molar refractivity (Wildman–Crippen MR) is 75.4 cm³/mol. The zero-order valence-electron chi connectivity index (χ0n) is 11.8. The summed E-state index contributed by atoms with van der Waals surface area (Å²) < 4.78 is 0. The molecule has 0 aromatic carbocycles. The summed E-state index contributed by atoms with van der Waals surface area (Å²) in [6.45, 7) is 7.89. The van der Waals surface area contributed by atoms with Gasteiger partial charge in [0.2, 0.25) is 0 Å². The Morgan fingerprint density at radius 2 is 2.00 bits per heavy atom. The fourth-order valence-electron chi connectivity index (χ4n) is 2.35. The average Bonchev–Trinajstić information content (AvgIpc) is 3.10. The minimum absolute atomic E-state index is 0.324. The molecule has 1 N–H and O–H groups in total. The van der Waals surface area contributed by atoms with E-state index in [4.69, 9.17) is 0 Å². The van der Waals surface area contributed by atoms with Crippen molar-refractivity contribution in [1.82, 2.24) is 15.2 Å². The second-order valence-corrected chi connectivity index (χ2v) is 6.35. The van der Waals surface area contributed by atoms with E-state index in [1.54, 1.807) is 0 Å². The first kappa shape index (κ1) is 13.5. The van der Waals surface area contributed by atoms with Crippen LogP contribution in [0.5, 0.6) is 0 Å². The highest BCUT2D eigenvalue weighted by Crippen LogP contribution is 2.22. The van der Waals surface area contributed by atoms with Crippen LogP contribution in [-0.2, 0) is 6.54 Å². The third-order valence-electron chi connectivity index (χ3n) is 3.35. The second-order valence-electron chi connectivity index (χ2n) is 6.35. The van der Waals surface area contributed by atoms with E-state index >= 15 is 0 Å². The highest BCUT2D eigenvalue weighted by atomic mass is 15.1. The SMILES string of the molecule is CN(Cc1ccncc1)CC(C)(C)CNC1CC1. The van der Waals surface area contributed by atoms with Crippen molar-refractivity contribution in [3.05, 3.63) is 30.1 Å². The topological polar surface area (TPSA) is 28.2 Å². The molecule has 0 unspecified atom stereocenters. The minimum Gasteiger partial charge on any atom is -0.313 e. The van der Waals surface area contributed by atoms with Crippen molar-refractivity contribution in [1.29, 1.82) is 0 Å². The Labute approximate surface area is 111 Å². The Kier molecular flexibility index (Phi) is 4.36. The molecule has 1 fully saturated rings. The maximum absolute atomic E-state index is 4.05. The zero-order chi connectivity index (χ0) is 13.0. The molecule has 1 aromatic heterocycles. The first-order valence-electron chi connectivity index (χ1n) is 6.86. The van der Waals surface area contributed by atoms with Crippen LogP contribution in [0.2, 0.25) is 0 Å². The third-order valence-corrected chi connectivity index (χ3v) is 3.35. The van der Waals surface area contributed by atoms with Gasteiger partial charge in [0.1, 0.15) is 0 Å². The van der Waals surface area contributed by atoms with Crippen LogP contribution in [0.4, 0.5) is 0 Å². The molecule has 1 aliphatic carbocycles. The van der Waals surface area contributed by atoms with Gasteiger partial charge in [-0.25, -0.2) is 0 Å². The molecule has 0 spiro atoms. The molecule has 3 heteroatoms. The Morgan fingerprint density at radius 1 is 1.33 bits per heavy atom. The van der Waals surface area contributed by atoms with Crippen molar-refractivity contribution in [3.8, 4) is 0 Å². The lowest BCUT2D eigenvalue weighted by atomic mass is 9.92. The molecule has 1 aromatic rings. The summed E-state index contributed by atoms with van der Waals surface area (Å²) >= 11 is 0. The van der Waals surface area contributed by atoms with E-state index in [0.29, 0.717) is 5.41 Å². The summed E-state index contributed by atoms with van der Waals surface area (Å²) in [5.41, 5.74) is 1.66. The number of rotatable bonds is 7. The monoisotopic (exact) mass is 247 g/mol. The molecule has 0 radical (unpaired) electrons. The van der Waals surface area contributed by atoms with E-state index in [9.17, 15) is 0 Å². The molecular weight excluding hydrogens is 222 g/mol. The fraction of sp³-hybridized carbons (Fsp3) is 0.667. The number of pyridine rings is 1. The van der Waals surface area contributed by atoms with Gasteiger partial charge in [-0.3, -0.25) is 4.98 Å². The second kappa shape index (κ2) is 5.81. The lowest BCUT2D eigenvalue weighted by molar-refractivity contribution is 0.198. The molecule has 1 aliphatic rings. The van der Waals surface area contributed by atoms with Crippen molar-refractivity contribution >= 4 is 0 Å². The van der Waals surface area contributed by atoms with E-state index in [-0.39, 0.29) is 0 Å². The molecule has 0 aliphatic heterocycles. The molecule has 0 saturated heterocycles. The average molecular weight is 247 g/mol. The van der Waals surface area contributed by atoms with E-state index < -0.39 is 0 Å². The third kappa shape index (κ3) is 4.75. The van der Waals surface area contributed by atoms with E-state index in [0.717, 1.165) is 25.7 Å². The Balaban J connectivity index is 1.76. The summed E-state index contributed by atoms with van der Waals surface area (Å²) in [6.07, 6.45) is 6.46. The van der Waals surface area contributed by atoms with Crippen LogP contribution in [-0.4, -0.2) is 36.1 Å². The Bertz CT molecular complexity index is 357. The first-order chi connectivity index (χ1) is 8.55. The van der Waals surface area contributed by atoms with E-state index in [2.05, 4.69) is 48.2 Å². The van der Waals surface area contributed by atoms with Crippen molar-refractivity contribution in [3.63, 3.8) is 0 Å². The van der Waals surface area contributed by atoms with Crippen LogP contribution in [0.1, 0.15) is 32.3 Å². The van der Waals surface area contributed by atoms with Crippen LogP contribution < -0.4 is 5.32 Å². The minimum atomic E-state index is 0.324. The summed E-state index contributed by atoms with van der Waals surface area (Å²) in [5.74, 6) is 0. The Morgan fingerprint density at radius 3 is 2.61 bits per heavy atom. The standard InChI is InChI=1S/C15H25N3/c1-15(2,11-17-14-4-5-14)12-18(3)10-13-6-8-16-9-7-13/h6-9,14,17H,4-5,10-12H2,1-3H3. The van der Waals surface area contributed by atoms with Gasteiger partial charge >= 0.3 is 0 Å². The van der Waals surface area contributed by atoms with Gasteiger partial charge in [-0.2, -0.15) is 0 Å². The molecule has 1 heterocycles. The van der Waals surface area contributed by atoms with Crippen molar-refractivity contribution < 1.29 is 0 Å². The van der Waals surface area contributed by atoms with Crippen LogP contribution in [0.25, 0.3) is 0 Å². The van der Waals surface area contributed by atoms with Crippen LogP contribution in [0.3, 0.4) is 0 Å². The first-order valence-corrected chi connectivity index (χ1v) is 6.86. The zero-order valence-corrected chi connectivity index (χ0v) is 11.8. The quantitative estimate of drug-likeness (QED) is 0.801. The van der Waals surface area contributed by atoms with Gasteiger partial charge < -0.3 is 10.2 Å². The number of nitrogens with one attached hydrogen (secondary N) is 1. The smallest absolute Gasteiger partial charge is 0.0271 e. The summed E-state index contributed by atoms with van der Waals surface area (Å²) in [5, 5.41) is 3.63. The predicted octanol–water partition coefficient (Wildman–Crippen LogP) is 2.29. The Hall–Kier alpha value is -0.930. The maximum Gasteiger partial charge on any atom is 0.0271 e. The number of aromatic nitrogens is 1. The van der Waals surface area contributed by atoms with Crippen molar-refractivity contribution in [2.75, 3.05) is 20.1 Å². The molecule has 18 heavy (non-hydrogen) atoms. The van der Waals surface area contributed by atoms with Gasteiger partial charge in [-0.05, 0) is 43.0 Å². The number of hydrogen-bond donors (Lipinski definition) is 1. The van der Waals surface area contributed by atoms with Gasteiger partial charge in [0.05, 0.1) is 0 Å². The number of hydrogen-bond acceptors (Lipinski definition) is 3. The molecule has 0 bridgehead atoms. The van der Waals surface area contributed by atoms with Crippen molar-refractivity contribution in [2.24, 2.45) is 5.41 Å². The van der Waals surface area contributed by atoms with Gasteiger partial charge in [0.25, 0.3) is 0 Å². The van der Waals surface area contributed by atoms with Crippen LogP contribution >= 0.6 is 0 Å².